The molecule has 0 unspecified atom stereocenters. The first-order valence-corrected chi connectivity index (χ1v) is 6.48. The number of rotatable bonds is 6. The number of aliphatic carboxylic acids is 2. The molecule has 0 saturated carbocycles. The molecule has 144 valence electrons. The second-order valence-electron chi connectivity index (χ2n) is 4.21. The third-order valence-corrected chi connectivity index (χ3v) is 1.57. The summed E-state index contributed by atoms with van der Waals surface area (Å²) in [6, 6.07) is 0. The maximum atomic E-state index is 9.60. The van der Waals surface area contributed by atoms with Gasteiger partial charge in [0.05, 0.1) is 26.4 Å². The van der Waals surface area contributed by atoms with Gasteiger partial charge in [0.25, 0.3) is 0 Å². The van der Waals surface area contributed by atoms with Gasteiger partial charge in [-0.1, -0.05) is 13.2 Å². The Labute approximate surface area is 140 Å². The fourth-order valence-corrected chi connectivity index (χ4v) is 0.115. The smallest absolute Gasteiger partial charge is 0.330 e. The molecule has 0 aliphatic heterocycles. The van der Waals surface area contributed by atoms with Crippen molar-refractivity contribution in [1.82, 2.24) is 0 Å². The molecule has 0 heterocycles. The molecular formula is C14H28O10. The van der Waals surface area contributed by atoms with Crippen molar-refractivity contribution < 1.29 is 50.4 Å². The number of aliphatic hydroxyl groups excluding tert-OH is 6. The van der Waals surface area contributed by atoms with Gasteiger partial charge in [-0.15, -0.1) is 0 Å². The van der Waals surface area contributed by atoms with Gasteiger partial charge >= 0.3 is 11.9 Å². The van der Waals surface area contributed by atoms with Gasteiger partial charge in [0, 0.05) is 11.1 Å². The van der Waals surface area contributed by atoms with Crippen LogP contribution < -0.4 is 0 Å². The predicted molar refractivity (Wildman–Crippen MR) is 85.3 cm³/mol. The van der Waals surface area contributed by atoms with Crippen LogP contribution in [0.25, 0.3) is 0 Å². The molecule has 24 heavy (non-hydrogen) atoms. The maximum Gasteiger partial charge on any atom is 0.330 e. The first-order chi connectivity index (χ1) is 10.9. The van der Waals surface area contributed by atoms with Gasteiger partial charge in [0.15, 0.2) is 0 Å². The summed E-state index contributed by atoms with van der Waals surface area (Å²) in [4.78, 5) is 19.2. The van der Waals surface area contributed by atoms with E-state index in [-0.39, 0.29) is 37.6 Å². The summed E-state index contributed by atoms with van der Waals surface area (Å²) < 4.78 is 0. The van der Waals surface area contributed by atoms with Crippen molar-refractivity contribution in [2.75, 3.05) is 26.4 Å². The number of carboxylic acid groups (broad SMARTS) is 2. The summed E-state index contributed by atoms with van der Waals surface area (Å²) in [6.07, 6.45) is -1.91. The fraction of sp³-hybridized carbons (Fsp3) is 0.571. The van der Waals surface area contributed by atoms with Crippen LogP contribution in [0.15, 0.2) is 24.3 Å². The van der Waals surface area contributed by atoms with E-state index in [4.69, 9.17) is 40.9 Å². The number of aliphatic hydroxyl groups is 6. The minimum atomic E-state index is -0.954. The molecule has 0 fully saturated rings. The summed E-state index contributed by atoms with van der Waals surface area (Å²) in [5.74, 6) is -1.87. The topological polar surface area (TPSA) is 196 Å². The van der Waals surface area contributed by atoms with Crippen LogP contribution in [-0.4, -0.2) is 91.4 Å². The standard InChI is InChI=1S/2C4H6O2.2C3H8O3/c2*1-3(2)4(5)6;2*4-1-3(6)2-5/h2*1H2,2H3,(H,5,6);2*3-6H,1-2H2. The van der Waals surface area contributed by atoms with E-state index >= 15 is 0 Å². The zero-order valence-corrected chi connectivity index (χ0v) is 13.8. The number of hydrogen-bond donors (Lipinski definition) is 8. The zero-order chi connectivity index (χ0) is 20.3. The molecule has 0 spiro atoms. The number of carboxylic acids is 2. The van der Waals surface area contributed by atoms with E-state index in [1.165, 1.54) is 13.8 Å². The van der Waals surface area contributed by atoms with Gasteiger partial charge in [0.2, 0.25) is 0 Å². The molecule has 0 bridgehead atoms. The lowest BCUT2D eigenvalue weighted by molar-refractivity contribution is -0.133. The van der Waals surface area contributed by atoms with Crippen LogP contribution in [0.5, 0.6) is 0 Å². The van der Waals surface area contributed by atoms with E-state index in [9.17, 15) is 9.59 Å². The number of hydrogen-bond acceptors (Lipinski definition) is 8. The molecule has 0 radical (unpaired) electrons. The van der Waals surface area contributed by atoms with Crippen molar-refractivity contribution in [2.24, 2.45) is 0 Å². The Morgan fingerprint density at radius 3 is 0.833 bits per heavy atom. The van der Waals surface area contributed by atoms with Crippen molar-refractivity contribution in [1.29, 1.82) is 0 Å². The van der Waals surface area contributed by atoms with Crippen LogP contribution >= 0.6 is 0 Å². The average Bonchev–Trinajstić information content (AvgIpc) is 2.54. The highest BCUT2D eigenvalue weighted by Crippen LogP contribution is 1.81. The highest BCUT2D eigenvalue weighted by Gasteiger charge is 1.94. The average molecular weight is 356 g/mol. The monoisotopic (exact) mass is 356 g/mol. The first-order valence-electron chi connectivity index (χ1n) is 6.48. The summed E-state index contributed by atoms with van der Waals surface area (Å²) in [5, 5.41) is 63.8. The quantitative estimate of drug-likeness (QED) is 0.245. The van der Waals surface area contributed by atoms with Gasteiger partial charge < -0.3 is 40.9 Å². The number of carbonyl (C=O) groups is 2. The van der Waals surface area contributed by atoms with E-state index in [0.29, 0.717) is 0 Å². The van der Waals surface area contributed by atoms with Gasteiger partial charge in [-0.2, -0.15) is 0 Å². The van der Waals surface area contributed by atoms with Crippen molar-refractivity contribution >= 4 is 11.9 Å². The van der Waals surface area contributed by atoms with Crippen LogP contribution in [0, 0.1) is 0 Å². The van der Waals surface area contributed by atoms with Gasteiger partial charge in [0.1, 0.15) is 12.2 Å². The summed E-state index contributed by atoms with van der Waals surface area (Å²) in [6.45, 7) is 7.75. The van der Waals surface area contributed by atoms with E-state index in [1.54, 1.807) is 0 Å². The van der Waals surface area contributed by atoms with Crippen molar-refractivity contribution in [3.63, 3.8) is 0 Å². The molecule has 0 aliphatic rings. The largest absolute Gasteiger partial charge is 0.478 e. The van der Waals surface area contributed by atoms with Gasteiger partial charge in [-0.25, -0.2) is 9.59 Å². The van der Waals surface area contributed by atoms with E-state index in [1.807, 2.05) is 0 Å². The molecule has 0 aromatic heterocycles. The lowest BCUT2D eigenvalue weighted by atomic mass is 10.4. The lowest BCUT2D eigenvalue weighted by Gasteiger charge is -1.96. The molecule has 0 saturated heterocycles. The summed E-state index contributed by atoms with van der Waals surface area (Å²) in [5.41, 5.74) is 0.352. The van der Waals surface area contributed by atoms with Gasteiger partial charge in [-0.3, -0.25) is 0 Å². The lowest BCUT2D eigenvalue weighted by Crippen LogP contribution is -2.15. The molecule has 0 aromatic carbocycles. The second kappa shape index (κ2) is 21.2. The summed E-state index contributed by atoms with van der Waals surface area (Å²) in [7, 11) is 0. The third-order valence-electron chi connectivity index (χ3n) is 1.57. The Balaban J connectivity index is -0.000000111. The Bertz CT molecular complexity index is 287. The van der Waals surface area contributed by atoms with Crippen LogP contribution in [0.4, 0.5) is 0 Å². The van der Waals surface area contributed by atoms with Crippen LogP contribution in [0.2, 0.25) is 0 Å². The molecule has 0 atom stereocenters. The summed E-state index contributed by atoms with van der Waals surface area (Å²) >= 11 is 0. The van der Waals surface area contributed by atoms with Crippen LogP contribution in [-0.2, 0) is 9.59 Å². The minimum absolute atomic E-state index is 0.176. The minimum Gasteiger partial charge on any atom is -0.478 e. The molecule has 10 heteroatoms. The normalized spacial score (nSPS) is 8.75. The van der Waals surface area contributed by atoms with Crippen LogP contribution in [0.3, 0.4) is 0 Å². The second-order valence-corrected chi connectivity index (χ2v) is 4.21. The third kappa shape index (κ3) is 36.9. The van der Waals surface area contributed by atoms with Crippen molar-refractivity contribution in [3.05, 3.63) is 24.3 Å². The SMILES string of the molecule is C=C(C)C(=O)O.C=C(C)C(=O)O.OCC(O)CO.OCC(O)CO. The highest BCUT2D eigenvalue weighted by atomic mass is 16.4. The molecule has 0 amide bonds. The highest BCUT2D eigenvalue weighted by molar-refractivity contribution is 5.85. The maximum absolute atomic E-state index is 9.60. The van der Waals surface area contributed by atoms with Crippen molar-refractivity contribution in [3.8, 4) is 0 Å². The molecule has 0 aromatic rings. The Morgan fingerprint density at radius 2 is 0.833 bits per heavy atom. The fourth-order valence-electron chi connectivity index (χ4n) is 0.115. The van der Waals surface area contributed by atoms with Gasteiger partial charge in [-0.05, 0) is 13.8 Å². The van der Waals surface area contributed by atoms with E-state index in [2.05, 4.69) is 13.2 Å². The van der Waals surface area contributed by atoms with Crippen LogP contribution in [0.1, 0.15) is 13.8 Å². The van der Waals surface area contributed by atoms with Crippen molar-refractivity contribution in [2.45, 2.75) is 26.1 Å². The Morgan fingerprint density at radius 1 is 0.708 bits per heavy atom. The molecule has 8 N–H and O–H groups in total. The van der Waals surface area contributed by atoms with E-state index in [0.717, 1.165) is 0 Å². The molecule has 0 rings (SSSR count). The Hall–Kier alpha value is -1.82. The molecular weight excluding hydrogens is 328 g/mol. The van der Waals surface area contributed by atoms with E-state index < -0.39 is 24.1 Å². The molecule has 0 aliphatic carbocycles. The first kappa shape index (κ1) is 30.1. The zero-order valence-electron chi connectivity index (χ0n) is 13.8. The predicted octanol–water partition coefficient (Wildman–Crippen LogP) is -2.04. The Kier molecular flexibility index (Phi) is 26.6. The molecule has 10 nitrogen and oxygen atoms in total.